The molecule has 31 heavy (non-hydrogen) atoms. The van der Waals surface area contributed by atoms with Gasteiger partial charge in [0.05, 0.1) is 20.8 Å². The summed E-state index contributed by atoms with van der Waals surface area (Å²) in [6.07, 6.45) is 0.744. The van der Waals surface area contributed by atoms with E-state index in [9.17, 15) is 4.79 Å². The van der Waals surface area contributed by atoms with Crippen LogP contribution in [0, 0.1) is 6.92 Å². The normalized spacial score (nSPS) is 14.0. The van der Waals surface area contributed by atoms with Crippen LogP contribution in [0.1, 0.15) is 11.1 Å². The third-order valence-electron chi connectivity index (χ3n) is 5.44. The molecule has 1 N–H and O–H groups in total. The molecule has 170 valence electrons. The second-order valence-corrected chi connectivity index (χ2v) is 7.89. The molecule has 0 spiro atoms. The number of rotatable bonds is 8. The summed E-state index contributed by atoms with van der Waals surface area (Å²) < 4.78 is 10.6. The zero-order valence-corrected chi connectivity index (χ0v) is 19.9. The van der Waals surface area contributed by atoms with Crippen molar-refractivity contribution in [3.8, 4) is 11.5 Å². The minimum Gasteiger partial charge on any atom is -0.493 e. The monoisotopic (exact) mass is 467 g/mol. The molecule has 3 rings (SSSR count). The maximum atomic E-state index is 12.3. The van der Waals surface area contributed by atoms with Crippen LogP contribution in [0.5, 0.6) is 11.5 Å². The molecule has 0 saturated carbocycles. The topological polar surface area (TPSA) is 54.0 Å². The highest BCUT2D eigenvalue weighted by Gasteiger charge is 2.19. The lowest BCUT2D eigenvalue weighted by Gasteiger charge is -2.35. The number of benzene rings is 2. The lowest BCUT2D eigenvalue weighted by molar-refractivity contribution is -0.122. The van der Waals surface area contributed by atoms with Crippen molar-refractivity contribution in [1.29, 1.82) is 0 Å². The number of hydrogen-bond donors (Lipinski definition) is 1. The van der Waals surface area contributed by atoms with Crippen LogP contribution in [0.4, 0.5) is 5.69 Å². The number of anilines is 1. The number of carbonyl (C=O) groups excluding carboxylic acids is 1. The van der Waals surface area contributed by atoms with Gasteiger partial charge in [0.25, 0.3) is 0 Å². The van der Waals surface area contributed by atoms with Gasteiger partial charge in [0.1, 0.15) is 0 Å². The third-order valence-corrected chi connectivity index (χ3v) is 5.85. The fraction of sp³-hybridized carbons (Fsp3) is 0.435. The fourth-order valence-corrected chi connectivity index (χ4v) is 3.76. The Morgan fingerprint density at radius 2 is 1.74 bits per heavy atom. The van der Waals surface area contributed by atoms with E-state index in [-0.39, 0.29) is 18.3 Å². The number of nitrogens with one attached hydrogen (secondary N) is 1. The van der Waals surface area contributed by atoms with E-state index in [1.165, 1.54) is 0 Å². The molecule has 2 aromatic carbocycles. The van der Waals surface area contributed by atoms with Crippen molar-refractivity contribution < 1.29 is 14.3 Å². The van der Waals surface area contributed by atoms with E-state index in [1.54, 1.807) is 14.2 Å². The predicted molar refractivity (Wildman–Crippen MR) is 128 cm³/mol. The van der Waals surface area contributed by atoms with E-state index in [0.29, 0.717) is 24.6 Å². The van der Waals surface area contributed by atoms with E-state index in [2.05, 4.69) is 27.2 Å². The molecule has 1 aliphatic rings. The van der Waals surface area contributed by atoms with Crippen molar-refractivity contribution in [1.82, 2.24) is 10.2 Å². The molecule has 0 radical (unpaired) electrons. The third kappa shape index (κ3) is 6.92. The molecular formula is C23H31Cl2N3O3. The lowest BCUT2D eigenvalue weighted by atomic mass is 10.1. The summed E-state index contributed by atoms with van der Waals surface area (Å²) in [5.74, 6) is 1.47. The van der Waals surface area contributed by atoms with Gasteiger partial charge in [-0.2, -0.15) is 0 Å². The van der Waals surface area contributed by atoms with Crippen LogP contribution in [0.25, 0.3) is 0 Å². The summed E-state index contributed by atoms with van der Waals surface area (Å²) in [5.41, 5.74) is 3.33. The lowest BCUT2D eigenvalue weighted by Crippen LogP contribution is -2.49. The van der Waals surface area contributed by atoms with Crippen LogP contribution < -0.4 is 19.7 Å². The smallest absolute Gasteiger partial charge is 0.234 e. The Balaban J connectivity index is 0.00000341. The zero-order valence-electron chi connectivity index (χ0n) is 18.3. The maximum Gasteiger partial charge on any atom is 0.234 e. The highest BCUT2D eigenvalue weighted by Crippen LogP contribution is 2.27. The van der Waals surface area contributed by atoms with E-state index < -0.39 is 0 Å². The van der Waals surface area contributed by atoms with E-state index in [4.69, 9.17) is 21.1 Å². The standard InChI is InChI=1S/C23H30ClN3O3.ClH/c1-17-4-6-19(15-20(17)24)27-12-10-26(11-13-27)16-23(28)25-9-8-18-5-7-21(29-2)22(14-18)30-3;/h4-7,14-15H,8-13,16H2,1-3H3,(H,25,28);1H. The fourth-order valence-electron chi connectivity index (χ4n) is 3.58. The molecular weight excluding hydrogens is 437 g/mol. The van der Waals surface area contributed by atoms with Crippen LogP contribution in [0.2, 0.25) is 5.02 Å². The largest absolute Gasteiger partial charge is 0.493 e. The number of amides is 1. The zero-order chi connectivity index (χ0) is 21.5. The van der Waals surface area contributed by atoms with Gasteiger partial charge in [0.15, 0.2) is 11.5 Å². The van der Waals surface area contributed by atoms with Gasteiger partial charge in [0, 0.05) is 43.4 Å². The van der Waals surface area contributed by atoms with Crippen LogP contribution in [-0.4, -0.2) is 64.3 Å². The first kappa shape index (κ1) is 25.1. The van der Waals surface area contributed by atoms with Crippen molar-refractivity contribution in [2.75, 3.05) is 58.4 Å². The number of aryl methyl sites for hydroxylation is 1. The Bertz CT molecular complexity index is 871. The van der Waals surface area contributed by atoms with Crippen LogP contribution in [0.3, 0.4) is 0 Å². The molecule has 0 unspecified atom stereocenters. The van der Waals surface area contributed by atoms with Crippen molar-refractivity contribution >= 4 is 35.6 Å². The molecule has 2 aromatic rings. The van der Waals surface area contributed by atoms with Gasteiger partial charge in [-0.3, -0.25) is 9.69 Å². The molecule has 1 heterocycles. The van der Waals surface area contributed by atoms with Gasteiger partial charge in [-0.1, -0.05) is 23.7 Å². The summed E-state index contributed by atoms with van der Waals surface area (Å²) in [7, 11) is 3.24. The maximum absolute atomic E-state index is 12.3. The first-order valence-electron chi connectivity index (χ1n) is 10.2. The summed E-state index contributed by atoms with van der Waals surface area (Å²) in [4.78, 5) is 16.8. The summed E-state index contributed by atoms with van der Waals surface area (Å²) in [6, 6.07) is 12.0. The molecule has 0 bridgehead atoms. The van der Waals surface area contributed by atoms with E-state index in [1.807, 2.05) is 31.2 Å². The number of ether oxygens (including phenoxy) is 2. The molecule has 1 aliphatic heterocycles. The average molecular weight is 468 g/mol. The molecule has 6 nitrogen and oxygen atoms in total. The van der Waals surface area contributed by atoms with Crippen LogP contribution in [-0.2, 0) is 11.2 Å². The quantitative estimate of drug-likeness (QED) is 0.642. The Hall–Kier alpha value is -2.15. The van der Waals surface area contributed by atoms with E-state index >= 15 is 0 Å². The van der Waals surface area contributed by atoms with Gasteiger partial charge in [0.2, 0.25) is 5.91 Å². The average Bonchev–Trinajstić information content (AvgIpc) is 2.76. The number of carbonyl (C=O) groups is 1. The van der Waals surface area contributed by atoms with Crippen LogP contribution in [0.15, 0.2) is 36.4 Å². The number of halogens is 2. The molecule has 0 atom stereocenters. The second-order valence-electron chi connectivity index (χ2n) is 7.49. The molecule has 1 amide bonds. The predicted octanol–water partition coefficient (Wildman–Crippen LogP) is 3.57. The minimum atomic E-state index is 0. The van der Waals surface area contributed by atoms with Crippen LogP contribution >= 0.6 is 24.0 Å². The number of methoxy groups -OCH3 is 2. The van der Waals surface area contributed by atoms with Gasteiger partial charge in [-0.15, -0.1) is 12.4 Å². The Morgan fingerprint density at radius 3 is 2.39 bits per heavy atom. The van der Waals surface area contributed by atoms with E-state index in [0.717, 1.165) is 54.4 Å². The first-order chi connectivity index (χ1) is 14.5. The Morgan fingerprint density at radius 1 is 1.03 bits per heavy atom. The Labute approximate surface area is 195 Å². The number of hydrogen-bond acceptors (Lipinski definition) is 5. The van der Waals surface area contributed by atoms with Gasteiger partial charge in [-0.25, -0.2) is 0 Å². The first-order valence-corrected chi connectivity index (χ1v) is 10.6. The number of nitrogens with zero attached hydrogens (tertiary/aromatic N) is 2. The summed E-state index contributed by atoms with van der Waals surface area (Å²) in [6.45, 7) is 6.51. The van der Waals surface area contributed by atoms with Crippen molar-refractivity contribution in [3.63, 3.8) is 0 Å². The molecule has 0 aromatic heterocycles. The number of piperazine rings is 1. The van der Waals surface area contributed by atoms with Crippen molar-refractivity contribution in [2.24, 2.45) is 0 Å². The molecule has 0 aliphatic carbocycles. The highest BCUT2D eigenvalue weighted by molar-refractivity contribution is 6.31. The summed E-state index contributed by atoms with van der Waals surface area (Å²) in [5, 5.41) is 3.81. The molecule has 1 saturated heterocycles. The second kappa shape index (κ2) is 12.0. The minimum absolute atomic E-state index is 0. The van der Waals surface area contributed by atoms with Gasteiger partial charge >= 0.3 is 0 Å². The Kier molecular flexibility index (Phi) is 9.75. The highest BCUT2D eigenvalue weighted by atomic mass is 35.5. The van der Waals surface area contributed by atoms with Gasteiger partial charge in [-0.05, 0) is 48.7 Å². The van der Waals surface area contributed by atoms with Gasteiger partial charge < -0.3 is 19.7 Å². The SMILES string of the molecule is COc1ccc(CCNC(=O)CN2CCN(c3ccc(C)c(Cl)c3)CC2)cc1OC.Cl. The van der Waals surface area contributed by atoms with Crippen molar-refractivity contribution in [3.05, 3.63) is 52.5 Å². The summed E-state index contributed by atoms with van der Waals surface area (Å²) >= 11 is 6.25. The van der Waals surface area contributed by atoms with Crippen molar-refractivity contribution in [2.45, 2.75) is 13.3 Å². The molecule has 8 heteroatoms. The molecule has 1 fully saturated rings.